The third kappa shape index (κ3) is 3.25. The quantitative estimate of drug-likeness (QED) is 0.792. The normalized spacial score (nSPS) is 11.0. The number of methoxy groups -OCH3 is 1. The number of hydrogen-bond acceptors (Lipinski definition) is 3. The Labute approximate surface area is 123 Å². The summed E-state index contributed by atoms with van der Waals surface area (Å²) < 4.78 is 18.8. The molecular formula is C14H19FN2O2S. The fourth-order valence-corrected chi connectivity index (χ4v) is 2.27. The van der Waals surface area contributed by atoms with Gasteiger partial charge in [-0.1, -0.05) is 26.1 Å². The third-order valence-electron chi connectivity index (χ3n) is 3.45. The molecule has 0 aromatic heterocycles. The molecule has 0 saturated carbocycles. The Kier molecular flexibility index (Phi) is 5.44. The summed E-state index contributed by atoms with van der Waals surface area (Å²) in [5.41, 5.74) is 4.85. The molecule has 0 aliphatic heterocycles. The molecule has 0 spiro atoms. The molecule has 20 heavy (non-hydrogen) atoms. The predicted octanol–water partition coefficient (Wildman–Crippen LogP) is 2.41. The summed E-state index contributed by atoms with van der Waals surface area (Å²) >= 11 is 5.02. The molecule has 0 atom stereocenters. The number of nitrogens with two attached hydrogens (primary N) is 1. The maximum Gasteiger partial charge on any atom is 0.255 e. The molecule has 1 aromatic carbocycles. The van der Waals surface area contributed by atoms with E-state index in [9.17, 15) is 9.18 Å². The number of benzene rings is 1. The molecule has 1 rings (SSSR count). The van der Waals surface area contributed by atoms with Crippen LogP contribution < -0.4 is 15.8 Å². The van der Waals surface area contributed by atoms with Gasteiger partial charge in [0, 0.05) is 6.07 Å². The zero-order valence-corrected chi connectivity index (χ0v) is 12.6. The lowest BCUT2D eigenvalue weighted by Crippen LogP contribution is -2.56. The van der Waals surface area contributed by atoms with Crippen LogP contribution in [0, 0.1) is 5.82 Å². The molecule has 0 saturated heterocycles. The molecule has 0 aliphatic rings. The summed E-state index contributed by atoms with van der Waals surface area (Å²) in [7, 11) is 1.43. The van der Waals surface area contributed by atoms with Gasteiger partial charge in [-0.3, -0.25) is 4.79 Å². The van der Waals surface area contributed by atoms with Crippen molar-refractivity contribution in [2.45, 2.75) is 32.2 Å². The summed E-state index contributed by atoms with van der Waals surface area (Å²) in [6, 6.07) is 4.06. The fraction of sp³-hybridized carbons (Fsp3) is 0.429. The topological polar surface area (TPSA) is 64.3 Å². The van der Waals surface area contributed by atoms with Gasteiger partial charge in [0.15, 0.2) is 0 Å². The van der Waals surface area contributed by atoms with Crippen molar-refractivity contribution in [3.05, 3.63) is 29.6 Å². The van der Waals surface area contributed by atoms with E-state index in [-0.39, 0.29) is 10.6 Å². The average molecular weight is 298 g/mol. The van der Waals surface area contributed by atoms with Gasteiger partial charge in [0.2, 0.25) is 0 Å². The molecule has 1 aromatic rings. The monoisotopic (exact) mass is 298 g/mol. The average Bonchev–Trinajstić information content (AvgIpc) is 2.43. The van der Waals surface area contributed by atoms with Crippen molar-refractivity contribution in [1.29, 1.82) is 0 Å². The van der Waals surface area contributed by atoms with E-state index in [1.165, 1.54) is 19.2 Å². The number of rotatable bonds is 6. The lowest BCUT2D eigenvalue weighted by atomic mass is 9.92. The van der Waals surface area contributed by atoms with Crippen LogP contribution in [0.5, 0.6) is 5.75 Å². The van der Waals surface area contributed by atoms with Gasteiger partial charge < -0.3 is 15.8 Å². The Morgan fingerprint density at radius 1 is 1.45 bits per heavy atom. The van der Waals surface area contributed by atoms with Gasteiger partial charge in [-0.2, -0.15) is 0 Å². The molecule has 3 N–H and O–H groups in total. The summed E-state index contributed by atoms with van der Waals surface area (Å²) in [6.45, 7) is 3.74. The van der Waals surface area contributed by atoms with Crippen molar-refractivity contribution in [1.82, 2.24) is 5.32 Å². The number of carbonyl (C=O) groups is 1. The Bertz CT molecular complexity index is 516. The van der Waals surface area contributed by atoms with Gasteiger partial charge in [-0.15, -0.1) is 0 Å². The highest BCUT2D eigenvalue weighted by Gasteiger charge is 2.32. The number of ether oxygens (including phenoxy) is 1. The molecule has 1 amide bonds. The van der Waals surface area contributed by atoms with Gasteiger partial charge in [0.1, 0.15) is 11.6 Å². The van der Waals surface area contributed by atoms with Crippen LogP contribution in [0.2, 0.25) is 0 Å². The van der Waals surface area contributed by atoms with Crippen molar-refractivity contribution in [3.63, 3.8) is 0 Å². The fourth-order valence-electron chi connectivity index (χ4n) is 1.93. The number of thiocarbonyl (C=S) groups is 1. The first kappa shape index (κ1) is 16.4. The summed E-state index contributed by atoms with van der Waals surface area (Å²) in [6.07, 6.45) is 1.09. The van der Waals surface area contributed by atoms with Crippen molar-refractivity contribution < 1.29 is 13.9 Å². The van der Waals surface area contributed by atoms with Gasteiger partial charge >= 0.3 is 0 Å². The zero-order valence-electron chi connectivity index (χ0n) is 11.8. The molecule has 0 bridgehead atoms. The van der Waals surface area contributed by atoms with E-state index >= 15 is 0 Å². The van der Waals surface area contributed by atoms with Crippen LogP contribution >= 0.6 is 12.2 Å². The first-order valence-corrected chi connectivity index (χ1v) is 6.77. The molecule has 0 heterocycles. The van der Waals surface area contributed by atoms with Crippen LogP contribution in [0.3, 0.4) is 0 Å². The first-order valence-electron chi connectivity index (χ1n) is 6.36. The second-order valence-electron chi connectivity index (χ2n) is 4.45. The van der Waals surface area contributed by atoms with Gasteiger partial charge in [0.05, 0.1) is 23.2 Å². The van der Waals surface area contributed by atoms with Crippen LogP contribution in [-0.2, 0) is 0 Å². The van der Waals surface area contributed by atoms with Crippen molar-refractivity contribution in [2.24, 2.45) is 5.73 Å². The predicted molar refractivity (Wildman–Crippen MR) is 80.5 cm³/mol. The van der Waals surface area contributed by atoms with E-state index in [1.807, 2.05) is 13.8 Å². The lowest BCUT2D eigenvalue weighted by Gasteiger charge is -2.31. The molecule has 4 nitrogen and oxygen atoms in total. The molecule has 0 fully saturated rings. The maximum atomic E-state index is 13.9. The SMILES string of the molecule is CCC(CC)(NC(=O)c1ccc(OC)cc1F)C(N)=S. The summed E-state index contributed by atoms with van der Waals surface area (Å²) in [5, 5.41) is 2.74. The molecule has 6 heteroatoms. The van der Waals surface area contributed by atoms with Crippen LogP contribution in [0.4, 0.5) is 4.39 Å². The van der Waals surface area contributed by atoms with Gasteiger partial charge in [-0.25, -0.2) is 4.39 Å². The van der Waals surface area contributed by atoms with E-state index in [1.54, 1.807) is 0 Å². The zero-order chi connectivity index (χ0) is 15.3. The highest BCUT2D eigenvalue weighted by Crippen LogP contribution is 2.20. The summed E-state index contributed by atoms with van der Waals surface area (Å²) in [4.78, 5) is 12.4. The van der Waals surface area contributed by atoms with Crippen molar-refractivity contribution in [3.8, 4) is 5.75 Å². The highest BCUT2D eigenvalue weighted by molar-refractivity contribution is 7.80. The van der Waals surface area contributed by atoms with Crippen LogP contribution in [0.1, 0.15) is 37.0 Å². The standard InChI is InChI=1S/C14H19FN2O2S/c1-4-14(5-2,13(16)20)17-12(18)10-7-6-9(19-3)8-11(10)15/h6-8H,4-5H2,1-3H3,(H2,16,20)(H,17,18). The number of amides is 1. The van der Waals surface area contributed by atoms with E-state index < -0.39 is 17.3 Å². The van der Waals surface area contributed by atoms with Gasteiger partial charge in [-0.05, 0) is 25.0 Å². The number of hydrogen-bond donors (Lipinski definition) is 2. The molecule has 0 radical (unpaired) electrons. The lowest BCUT2D eigenvalue weighted by molar-refractivity contribution is 0.0915. The van der Waals surface area contributed by atoms with Crippen molar-refractivity contribution >= 4 is 23.1 Å². The van der Waals surface area contributed by atoms with Crippen molar-refractivity contribution in [2.75, 3.05) is 7.11 Å². The van der Waals surface area contributed by atoms with Crippen LogP contribution in [0.25, 0.3) is 0 Å². The number of carbonyl (C=O) groups excluding carboxylic acids is 1. The number of nitrogens with one attached hydrogen (secondary N) is 1. The van der Waals surface area contributed by atoms with E-state index in [2.05, 4.69) is 5.32 Å². The smallest absolute Gasteiger partial charge is 0.255 e. The first-order chi connectivity index (χ1) is 9.40. The molecule has 0 aliphatic carbocycles. The minimum atomic E-state index is -0.793. The molecule has 0 unspecified atom stereocenters. The minimum absolute atomic E-state index is 0.0617. The van der Waals surface area contributed by atoms with Crippen LogP contribution in [-0.4, -0.2) is 23.5 Å². The van der Waals surface area contributed by atoms with Crippen LogP contribution in [0.15, 0.2) is 18.2 Å². The Hall–Kier alpha value is -1.69. The third-order valence-corrected chi connectivity index (χ3v) is 3.84. The Morgan fingerprint density at radius 3 is 2.45 bits per heavy atom. The highest BCUT2D eigenvalue weighted by atomic mass is 32.1. The summed E-state index contributed by atoms with van der Waals surface area (Å²) in [5.74, 6) is -0.835. The second kappa shape index (κ2) is 6.65. The largest absolute Gasteiger partial charge is 0.497 e. The Morgan fingerprint density at radius 2 is 2.05 bits per heavy atom. The van der Waals surface area contributed by atoms with E-state index in [0.29, 0.717) is 18.6 Å². The minimum Gasteiger partial charge on any atom is -0.497 e. The van der Waals surface area contributed by atoms with E-state index in [0.717, 1.165) is 6.07 Å². The second-order valence-corrected chi connectivity index (χ2v) is 4.89. The van der Waals surface area contributed by atoms with E-state index in [4.69, 9.17) is 22.7 Å². The maximum absolute atomic E-state index is 13.9. The van der Waals surface area contributed by atoms with Gasteiger partial charge in [0.25, 0.3) is 5.91 Å². The molecule has 110 valence electrons. The number of halogens is 1. The molecular weight excluding hydrogens is 279 g/mol. The Balaban J connectivity index is 3.04.